The highest BCUT2D eigenvalue weighted by atomic mass is 19.4. The van der Waals surface area contributed by atoms with Crippen LogP contribution in [0.2, 0.25) is 0 Å². The van der Waals surface area contributed by atoms with E-state index in [0.717, 1.165) is 31.6 Å². The standard InChI is InChI=1S/C32H38F3N5O3/c1-39-14-10-28-24(21-39)11-15-42-17-18-43-16-13-37-31(41)23-5-2-6-25(19-23)36-12-4-7-26-20-27-29(38-28)8-3-9-30(27)40(26)22-32(33,34)35/h2-3,5-6,8-9,19-20,24,28,36,38H,10-18,21-22H2,1H3,(H,37,41). The van der Waals surface area contributed by atoms with Gasteiger partial charge in [-0.25, -0.2) is 0 Å². The average Bonchev–Trinajstić information content (AvgIpc) is 3.31. The molecule has 11 heteroatoms. The van der Waals surface area contributed by atoms with Crippen LogP contribution in [0.1, 0.15) is 28.9 Å². The molecule has 2 unspecified atom stereocenters. The zero-order chi connectivity index (χ0) is 30.2. The molecule has 0 spiro atoms. The summed E-state index contributed by atoms with van der Waals surface area (Å²) in [5.74, 6) is 5.99. The molecule has 8 nitrogen and oxygen atoms in total. The fourth-order valence-electron chi connectivity index (χ4n) is 5.71. The number of ether oxygens (including phenoxy) is 2. The fraction of sp³-hybridized carbons (Fsp3) is 0.469. The van der Waals surface area contributed by atoms with E-state index in [2.05, 4.69) is 39.7 Å². The third-order valence-corrected chi connectivity index (χ3v) is 7.82. The summed E-state index contributed by atoms with van der Waals surface area (Å²) in [7, 11) is 2.10. The molecule has 2 aromatic carbocycles. The van der Waals surface area contributed by atoms with Crippen molar-refractivity contribution in [2.45, 2.75) is 31.6 Å². The maximum absolute atomic E-state index is 13.7. The van der Waals surface area contributed by atoms with Gasteiger partial charge in [-0.15, -0.1) is 0 Å². The van der Waals surface area contributed by atoms with Crippen LogP contribution in [0.3, 0.4) is 0 Å². The number of alkyl halides is 3. The van der Waals surface area contributed by atoms with Crippen LogP contribution in [-0.2, 0) is 16.0 Å². The minimum Gasteiger partial charge on any atom is -0.381 e. The molecule has 3 aromatic rings. The Labute approximate surface area is 249 Å². The third kappa shape index (κ3) is 8.44. The highest BCUT2D eigenvalue weighted by Gasteiger charge is 2.31. The highest BCUT2D eigenvalue weighted by molar-refractivity contribution is 5.95. The Balaban J connectivity index is 1.44. The van der Waals surface area contributed by atoms with Gasteiger partial charge >= 0.3 is 6.18 Å². The zero-order valence-corrected chi connectivity index (χ0v) is 24.3. The van der Waals surface area contributed by atoms with Crippen LogP contribution in [0.4, 0.5) is 24.5 Å². The third-order valence-electron chi connectivity index (χ3n) is 7.82. The van der Waals surface area contributed by atoms with Crippen LogP contribution in [0.15, 0.2) is 48.5 Å². The van der Waals surface area contributed by atoms with Gasteiger partial charge in [0, 0.05) is 48.1 Å². The topological polar surface area (TPSA) is 79.8 Å². The minimum absolute atomic E-state index is 0.149. The molecule has 4 bridgehead atoms. The smallest absolute Gasteiger partial charge is 0.381 e. The number of anilines is 2. The Morgan fingerprint density at radius 1 is 1.00 bits per heavy atom. The SMILES string of the molecule is CN1CCC2Nc3cccc4c3cc(n4CC(F)(F)F)C#CCNc3cccc(c3)C(=O)NCCOCCOCCC2C1. The van der Waals surface area contributed by atoms with Crippen molar-refractivity contribution in [2.24, 2.45) is 5.92 Å². The van der Waals surface area contributed by atoms with Crippen LogP contribution < -0.4 is 16.0 Å². The average molecular weight is 598 g/mol. The number of hydrogen-bond acceptors (Lipinski definition) is 6. The molecule has 1 saturated heterocycles. The van der Waals surface area contributed by atoms with Gasteiger partial charge in [0.1, 0.15) is 6.54 Å². The molecule has 3 heterocycles. The highest BCUT2D eigenvalue weighted by Crippen LogP contribution is 2.32. The van der Waals surface area contributed by atoms with Crippen molar-refractivity contribution in [1.29, 1.82) is 0 Å². The summed E-state index contributed by atoms with van der Waals surface area (Å²) in [5.41, 5.74) is 2.74. The lowest BCUT2D eigenvalue weighted by Crippen LogP contribution is -2.45. The maximum atomic E-state index is 13.7. The number of fused-ring (bicyclic) bond motifs is 4. The molecule has 1 aromatic heterocycles. The first-order chi connectivity index (χ1) is 20.8. The molecule has 1 fully saturated rings. The summed E-state index contributed by atoms with van der Waals surface area (Å²) in [6.45, 7) is 3.10. The van der Waals surface area contributed by atoms with E-state index in [9.17, 15) is 18.0 Å². The lowest BCUT2D eigenvalue weighted by Gasteiger charge is -2.38. The number of aromatic nitrogens is 1. The van der Waals surface area contributed by atoms with Gasteiger partial charge in [0.05, 0.1) is 37.6 Å². The second kappa shape index (κ2) is 14.2. The van der Waals surface area contributed by atoms with Crippen molar-refractivity contribution in [3.8, 4) is 11.8 Å². The van der Waals surface area contributed by atoms with Crippen molar-refractivity contribution in [2.75, 3.05) is 70.3 Å². The van der Waals surface area contributed by atoms with Crippen molar-refractivity contribution >= 4 is 28.2 Å². The summed E-state index contributed by atoms with van der Waals surface area (Å²) in [6.07, 6.45) is -2.66. The molecular formula is C32H38F3N5O3. The summed E-state index contributed by atoms with van der Waals surface area (Å²) in [6, 6.07) is 14.3. The second-order valence-electron chi connectivity index (χ2n) is 11.0. The number of benzene rings is 2. The Morgan fingerprint density at radius 3 is 2.65 bits per heavy atom. The van der Waals surface area contributed by atoms with E-state index < -0.39 is 12.7 Å². The number of amides is 1. The Kier molecular flexibility index (Phi) is 10.1. The monoisotopic (exact) mass is 597 g/mol. The number of carbonyl (C=O) groups excluding carboxylic acids is 1. The van der Waals surface area contributed by atoms with E-state index in [1.165, 1.54) is 4.57 Å². The van der Waals surface area contributed by atoms with Crippen molar-refractivity contribution in [3.05, 3.63) is 59.8 Å². The number of carbonyl (C=O) groups is 1. The molecule has 2 atom stereocenters. The van der Waals surface area contributed by atoms with E-state index in [4.69, 9.17) is 9.47 Å². The van der Waals surface area contributed by atoms with Gasteiger partial charge in [-0.2, -0.15) is 13.2 Å². The van der Waals surface area contributed by atoms with Crippen LogP contribution in [0, 0.1) is 17.8 Å². The summed E-state index contributed by atoms with van der Waals surface area (Å²) >= 11 is 0. The molecule has 2 aliphatic rings. The molecule has 0 aliphatic carbocycles. The number of nitrogens with one attached hydrogen (secondary N) is 3. The summed E-state index contributed by atoms with van der Waals surface area (Å²) < 4.78 is 53.8. The number of rotatable bonds is 1. The van der Waals surface area contributed by atoms with Crippen LogP contribution in [0.25, 0.3) is 10.9 Å². The van der Waals surface area contributed by atoms with Crippen molar-refractivity contribution in [3.63, 3.8) is 0 Å². The number of likely N-dealkylation sites (tertiary alicyclic amines) is 1. The summed E-state index contributed by atoms with van der Waals surface area (Å²) in [5, 5.41) is 10.4. The fourth-order valence-corrected chi connectivity index (χ4v) is 5.71. The number of halogens is 3. The predicted octanol–water partition coefficient (Wildman–Crippen LogP) is 4.57. The molecule has 5 rings (SSSR count). The van der Waals surface area contributed by atoms with E-state index in [1.807, 2.05) is 6.07 Å². The normalized spacial score (nSPS) is 21.4. The molecule has 43 heavy (non-hydrogen) atoms. The first-order valence-corrected chi connectivity index (χ1v) is 14.7. The van der Waals surface area contributed by atoms with E-state index in [-0.39, 0.29) is 18.5 Å². The van der Waals surface area contributed by atoms with E-state index in [1.54, 1.807) is 42.5 Å². The second-order valence-corrected chi connectivity index (χ2v) is 11.0. The number of piperidine rings is 1. The molecular weight excluding hydrogens is 559 g/mol. The van der Waals surface area contributed by atoms with Gasteiger partial charge < -0.3 is 34.9 Å². The molecule has 2 aliphatic heterocycles. The molecule has 0 radical (unpaired) electrons. The van der Waals surface area contributed by atoms with E-state index in [0.29, 0.717) is 66.7 Å². The summed E-state index contributed by atoms with van der Waals surface area (Å²) in [4.78, 5) is 14.9. The van der Waals surface area contributed by atoms with Gasteiger partial charge in [0.2, 0.25) is 0 Å². The predicted molar refractivity (Wildman–Crippen MR) is 161 cm³/mol. The Morgan fingerprint density at radius 2 is 1.81 bits per heavy atom. The van der Waals surface area contributed by atoms with Gasteiger partial charge in [-0.3, -0.25) is 4.79 Å². The Bertz CT molecular complexity index is 1460. The van der Waals surface area contributed by atoms with Gasteiger partial charge in [-0.1, -0.05) is 18.1 Å². The zero-order valence-electron chi connectivity index (χ0n) is 24.3. The lowest BCUT2D eigenvalue weighted by molar-refractivity contribution is -0.140. The number of nitrogens with zero attached hydrogens (tertiary/aromatic N) is 2. The number of hydrogen-bond donors (Lipinski definition) is 3. The van der Waals surface area contributed by atoms with E-state index >= 15 is 0 Å². The van der Waals surface area contributed by atoms with Gasteiger partial charge in [-0.05, 0) is 74.7 Å². The minimum atomic E-state index is -4.41. The lowest BCUT2D eigenvalue weighted by atomic mass is 9.89. The maximum Gasteiger partial charge on any atom is 0.406 e. The molecule has 1 amide bonds. The van der Waals surface area contributed by atoms with Crippen LogP contribution >= 0.6 is 0 Å². The molecule has 230 valence electrons. The Hall–Kier alpha value is -3.72. The van der Waals surface area contributed by atoms with Gasteiger partial charge in [0.25, 0.3) is 5.91 Å². The quantitative estimate of drug-likeness (QED) is 0.357. The first kappa shape index (κ1) is 30.7. The first-order valence-electron chi connectivity index (χ1n) is 14.7. The van der Waals surface area contributed by atoms with Gasteiger partial charge in [0.15, 0.2) is 0 Å². The molecule has 3 N–H and O–H groups in total. The van der Waals surface area contributed by atoms with Crippen molar-refractivity contribution < 1.29 is 27.4 Å². The van der Waals surface area contributed by atoms with Crippen LogP contribution in [-0.4, -0.2) is 87.2 Å². The largest absolute Gasteiger partial charge is 0.406 e. The van der Waals surface area contributed by atoms with Crippen LogP contribution in [0.5, 0.6) is 0 Å². The van der Waals surface area contributed by atoms with Crippen molar-refractivity contribution in [1.82, 2.24) is 14.8 Å². The molecule has 0 saturated carbocycles.